The molecule has 0 atom stereocenters. The van der Waals surface area contributed by atoms with Crippen molar-refractivity contribution in [1.82, 2.24) is 34.9 Å². The summed E-state index contributed by atoms with van der Waals surface area (Å²) in [5.74, 6) is 0.653. The fourth-order valence-corrected chi connectivity index (χ4v) is 3.78. The smallest absolute Gasteiger partial charge is 0.320 e. The van der Waals surface area contributed by atoms with E-state index in [1.165, 1.54) is 6.33 Å². The van der Waals surface area contributed by atoms with Gasteiger partial charge in [0.1, 0.15) is 12.1 Å². The number of nitrogens with one attached hydrogen (secondary N) is 2. The first-order valence-corrected chi connectivity index (χ1v) is 10.4. The highest BCUT2D eigenvalue weighted by atomic mass is 19.1. The van der Waals surface area contributed by atoms with E-state index in [9.17, 15) is 9.18 Å². The predicted molar refractivity (Wildman–Crippen MR) is 113 cm³/mol. The van der Waals surface area contributed by atoms with E-state index < -0.39 is 5.95 Å². The summed E-state index contributed by atoms with van der Waals surface area (Å²) in [5.41, 5.74) is 1.49. The van der Waals surface area contributed by atoms with Crippen molar-refractivity contribution < 1.29 is 9.18 Å². The molecule has 0 spiro atoms. The zero-order valence-electron chi connectivity index (χ0n) is 17.3. The Morgan fingerprint density at radius 2 is 2.10 bits per heavy atom. The lowest BCUT2D eigenvalue weighted by atomic mass is 9.90. The van der Waals surface area contributed by atoms with Gasteiger partial charge in [-0.05, 0) is 50.9 Å². The van der Waals surface area contributed by atoms with Crippen molar-refractivity contribution >= 4 is 11.8 Å². The Kier molecular flexibility index (Phi) is 6.46. The first-order chi connectivity index (χ1) is 15.1. The van der Waals surface area contributed by atoms with Crippen LogP contribution in [-0.2, 0) is 6.54 Å². The van der Waals surface area contributed by atoms with Gasteiger partial charge in [0.15, 0.2) is 5.82 Å². The zero-order chi connectivity index (χ0) is 21.6. The summed E-state index contributed by atoms with van der Waals surface area (Å²) in [4.78, 5) is 26.4. The van der Waals surface area contributed by atoms with Crippen molar-refractivity contribution in [1.29, 1.82) is 0 Å². The van der Waals surface area contributed by atoms with Gasteiger partial charge in [0.25, 0.3) is 0 Å². The number of hydrogen-bond acceptors (Lipinski definition) is 6. The average Bonchev–Trinajstić information content (AvgIpc) is 3.30. The molecule has 2 N–H and O–H groups in total. The second-order valence-electron chi connectivity index (χ2n) is 7.43. The molecule has 3 aromatic rings. The van der Waals surface area contributed by atoms with Crippen molar-refractivity contribution in [2.24, 2.45) is 0 Å². The molecule has 31 heavy (non-hydrogen) atoms. The van der Waals surface area contributed by atoms with Crippen molar-refractivity contribution in [3.05, 3.63) is 60.2 Å². The maximum absolute atomic E-state index is 14.7. The van der Waals surface area contributed by atoms with Gasteiger partial charge in [-0.2, -0.15) is 14.5 Å². The van der Waals surface area contributed by atoms with Crippen LogP contribution in [0.3, 0.4) is 0 Å². The molecule has 1 fully saturated rings. The summed E-state index contributed by atoms with van der Waals surface area (Å²) in [6.07, 6.45) is 6.51. The molecule has 0 aliphatic carbocycles. The van der Waals surface area contributed by atoms with E-state index in [1.807, 2.05) is 19.1 Å². The molecule has 0 unspecified atom stereocenters. The minimum absolute atomic E-state index is 0.135. The molecule has 0 aromatic carbocycles. The molecule has 0 bridgehead atoms. The van der Waals surface area contributed by atoms with Crippen LogP contribution in [0.5, 0.6) is 0 Å². The lowest BCUT2D eigenvalue weighted by Crippen LogP contribution is -2.33. The fraction of sp³-hybridized carbons (Fsp3) is 0.381. The minimum atomic E-state index is -0.427. The Morgan fingerprint density at radius 1 is 1.26 bits per heavy atom. The van der Waals surface area contributed by atoms with Crippen LogP contribution in [0.25, 0.3) is 5.82 Å². The number of carbonyl (C=O) groups is 1. The number of urea groups is 1. The van der Waals surface area contributed by atoms with Gasteiger partial charge in [-0.25, -0.2) is 19.4 Å². The van der Waals surface area contributed by atoms with Gasteiger partial charge in [-0.15, -0.1) is 0 Å². The molecule has 1 saturated heterocycles. The number of halogens is 1. The molecule has 4 rings (SSSR count). The van der Waals surface area contributed by atoms with Crippen LogP contribution in [0.15, 0.2) is 43.0 Å². The number of likely N-dealkylation sites (tertiary alicyclic amines) is 1. The first kappa shape index (κ1) is 20.9. The van der Waals surface area contributed by atoms with Gasteiger partial charge in [0.05, 0.1) is 5.69 Å². The normalized spacial score (nSPS) is 15.0. The maximum atomic E-state index is 14.7. The molecule has 10 heteroatoms. The van der Waals surface area contributed by atoms with E-state index in [1.54, 1.807) is 29.2 Å². The fourth-order valence-electron chi connectivity index (χ4n) is 3.78. The van der Waals surface area contributed by atoms with Crippen LogP contribution >= 0.6 is 0 Å². The van der Waals surface area contributed by atoms with Crippen LogP contribution in [-0.4, -0.2) is 55.3 Å². The van der Waals surface area contributed by atoms with Gasteiger partial charge >= 0.3 is 6.03 Å². The Balaban J connectivity index is 1.33. The monoisotopic (exact) mass is 424 g/mol. The van der Waals surface area contributed by atoms with E-state index in [0.29, 0.717) is 30.3 Å². The quantitative estimate of drug-likeness (QED) is 0.590. The molecular formula is C21H25FN8O. The zero-order valence-corrected chi connectivity index (χ0v) is 17.3. The molecule has 3 aromatic heterocycles. The standard InChI is InChI=1S/C21H25FN8O/c1-2-23-21(31)27-18-12-16(24-14-25-18)13-29-10-6-15(7-11-29)17-4-5-19(28-20(17)22)30-9-3-8-26-30/h3-5,8-9,12,14-15H,2,6-7,10-11,13H2,1H3,(H2,23,24,25,27,31). The van der Waals surface area contributed by atoms with Crippen LogP contribution in [0.2, 0.25) is 0 Å². The minimum Gasteiger partial charge on any atom is -0.338 e. The third-order valence-electron chi connectivity index (χ3n) is 5.32. The highest BCUT2D eigenvalue weighted by Crippen LogP contribution is 2.30. The van der Waals surface area contributed by atoms with Gasteiger partial charge in [0, 0.05) is 37.1 Å². The summed E-state index contributed by atoms with van der Waals surface area (Å²) in [5, 5.41) is 9.46. The van der Waals surface area contributed by atoms with Crippen LogP contribution in [0.1, 0.15) is 36.9 Å². The highest BCUT2D eigenvalue weighted by Gasteiger charge is 2.24. The molecule has 2 amide bonds. The maximum Gasteiger partial charge on any atom is 0.320 e. The number of aromatic nitrogens is 5. The van der Waals surface area contributed by atoms with Gasteiger partial charge in [-0.3, -0.25) is 10.2 Å². The number of rotatable bonds is 6. The van der Waals surface area contributed by atoms with Crippen LogP contribution < -0.4 is 10.6 Å². The lowest BCUT2D eigenvalue weighted by molar-refractivity contribution is 0.200. The predicted octanol–water partition coefficient (Wildman–Crippen LogP) is 2.72. The number of amides is 2. The third kappa shape index (κ3) is 5.21. The lowest BCUT2D eigenvalue weighted by Gasteiger charge is -2.32. The second kappa shape index (κ2) is 9.61. The van der Waals surface area contributed by atoms with Crippen LogP contribution in [0.4, 0.5) is 15.0 Å². The molecule has 9 nitrogen and oxygen atoms in total. The SMILES string of the molecule is CCNC(=O)Nc1cc(CN2CCC(c3ccc(-n4cccn4)nc3F)CC2)ncn1. The Hall–Kier alpha value is -3.40. The van der Waals surface area contributed by atoms with E-state index in [4.69, 9.17) is 0 Å². The molecule has 1 aliphatic heterocycles. The molecular weight excluding hydrogens is 399 g/mol. The van der Waals surface area contributed by atoms with Crippen molar-refractivity contribution in [2.75, 3.05) is 25.0 Å². The van der Waals surface area contributed by atoms with E-state index in [-0.39, 0.29) is 11.9 Å². The van der Waals surface area contributed by atoms with Crippen molar-refractivity contribution in [2.45, 2.75) is 32.2 Å². The molecule has 0 radical (unpaired) electrons. The van der Waals surface area contributed by atoms with E-state index in [2.05, 4.69) is 35.6 Å². The third-order valence-corrected chi connectivity index (χ3v) is 5.32. The Bertz CT molecular complexity index is 1020. The number of pyridine rings is 1. The number of piperidine rings is 1. The molecule has 162 valence electrons. The van der Waals surface area contributed by atoms with Crippen LogP contribution in [0, 0.1) is 5.95 Å². The van der Waals surface area contributed by atoms with Gasteiger partial charge in [0.2, 0.25) is 5.95 Å². The number of carbonyl (C=O) groups excluding carboxylic acids is 1. The Morgan fingerprint density at radius 3 is 2.81 bits per heavy atom. The second-order valence-corrected chi connectivity index (χ2v) is 7.43. The van der Waals surface area contributed by atoms with E-state index >= 15 is 0 Å². The van der Waals surface area contributed by atoms with Crippen molar-refractivity contribution in [3.63, 3.8) is 0 Å². The average molecular weight is 424 g/mol. The Labute approximate surface area is 179 Å². The summed E-state index contributed by atoms with van der Waals surface area (Å²) in [7, 11) is 0. The first-order valence-electron chi connectivity index (χ1n) is 10.4. The van der Waals surface area contributed by atoms with E-state index in [0.717, 1.165) is 31.6 Å². The van der Waals surface area contributed by atoms with Gasteiger partial charge < -0.3 is 5.32 Å². The van der Waals surface area contributed by atoms with Gasteiger partial charge in [-0.1, -0.05) is 6.07 Å². The van der Waals surface area contributed by atoms with Crippen molar-refractivity contribution in [3.8, 4) is 5.82 Å². The molecule has 4 heterocycles. The summed E-state index contributed by atoms with van der Waals surface area (Å²) in [6.45, 7) is 4.70. The summed E-state index contributed by atoms with van der Waals surface area (Å²) >= 11 is 0. The topological polar surface area (TPSA) is 101 Å². The summed E-state index contributed by atoms with van der Waals surface area (Å²) in [6, 6.07) is 6.89. The number of nitrogens with zero attached hydrogens (tertiary/aromatic N) is 6. The summed E-state index contributed by atoms with van der Waals surface area (Å²) < 4.78 is 16.2. The largest absolute Gasteiger partial charge is 0.338 e. The molecule has 1 aliphatic rings. The molecule has 0 saturated carbocycles. The highest BCUT2D eigenvalue weighted by molar-refractivity contribution is 5.88. The number of hydrogen-bond donors (Lipinski definition) is 2. The number of anilines is 1.